The van der Waals surface area contributed by atoms with Crippen molar-refractivity contribution < 1.29 is 9.18 Å². The summed E-state index contributed by atoms with van der Waals surface area (Å²) in [5.74, 6) is -1.06. The van der Waals surface area contributed by atoms with Gasteiger partial charge in [-0.25, -0.2) is 4.39 Å². The number of nitrogens with two attached hydrogens (primary N) is 1. The molecule has 0 heterocycles. The van der Waals surface area contributed by atoms with E-state index in [1.165, 1.54) is 12.1 Å². The van der Waals surface area contributed by atoms with E-state index in [2.05, 4.69) is 5.32 Å². The molecule has 0 aliphatic carbocycles. The number of hydrogen-bond acceptors (Lipinski definition) is 2. The van der Waals surface area contributed by atoms with Crippen molar-refractivity contribution in [1.82, 2.24) is 0 Å². The van der Waals surface area contributed by atoms with Crippen molar-refractivity contribution in [3.8, 4) is 0 Å². The Labute approximate surface area is 92.4 Å². The summed E-state index contributed by atoms with van der Waals surface area (Å²) in [6, 6.07) is 3.76. The van der Waals surface area contributed by atoms with E-state index in [-0.39, 0.29) is 10.7 Å². The number of carbonyl (C=O) groups is 1. The third kappa shape index (κ3) is 2.91. The minimum absolute atomic E-state index is 0.0298. The number of carbonyl (C=O) groups excluding carboxylic acids is 1. The van der Waals surface area contributed by atoms with Crippen LogP contribution < -0.4 is 11.1 Å². The Bertz CT molecular complexity index is 370. The first-order valence-corrected chi connectivity index (χ1v) is 4.94. The molecule has 0 aromatic heterocycles. The van der Waals surface area contributed by atoms with Crippen molar-refractivity contribution in [2.45, 2.75) is 19.4 Å². The zero-order valence-corrected chi connectivity index (χ0v) is 9.01. The first-order valence-electron chi connectivity index (χ1n) is 4.56. The number of amides is 1. The summed E-state index contributed by atoms with van der Waals surface area (Å²) in [6.45, 7) is 1.78. The summed E-state index contributed by atoms with van der Waals surface area (Å²) < 4.78 is 13.3. The van der Waals surface area contributed by atoms with Gasteiger partial charge in [-0.15, -0.1) is 0 Å². The van der Waals surface area contributed by atoms with Gasteiger partial charge in [0.15, 0.2) is 5.82 Å². The van der Waals surface area contributed by atoms with Crippen molar-refractivity contribution in [2.75, 3.05) is 5.32 Å². The van der Waals surface area contributed by atoms with Crippen LogP contribution in [0.4, 0.5) is 10.1 Å². The first kappa shape index (κ1) is 11.9. The van der Waals surface area contributed by atoms with E-state index < -0.39 is 17.8 Å². The summed E-state index contributed by atoms with van der Waals surface area (Å²) in [6.07, 6.45) is 0.494. The molecule has 5 heteroatoms. The molecule has 0 aliphatic rings. The van der Waals surface area contributed by atoms with Gasteiger partial charge in [0.1, 0.15) is 0 Å². The molecule has 1 aromatic carbocycles. The largest absolute Gasteiger partial charge is 0.322 e. The van der Waals surface area contributed by atoms with Gasteiger partial charge in [-0.1, -0.05) is 24.6 Å². The third-order valence-electron chi connectivity index (χ3n) is 1.99. The second-order valence-corrected chi connectivity index (χ2v) is 3.51. The highest BCUT2D eigenvalue weighted by atomic mass is 35.5. The van der Waals surface area contributed by atoms with Crippen LogP contribution in [-0.4, -0.2) is 11.9 Å². The van der Waals surface area contributed by atoms with Gasteiger partial charge in [-0.05, 0) is 18.6 Å². The van der Waals surface area contributed by atoms with E-state index in [1.807, 2.05) is 0 Å². The fraction of sp³-hybridized carbons (Fsp3) is 0.300. The predicted molar refractivity (Wildman–Crippen MR) is 58.3 cm³/mol. The van der Waals surface area contributed by atoms with Gasteiger partial charge in [0.25, 0.3) is 0 Å². The van der Waals surface area contributed by atoms with Gasteiger partial charge in [0.2, 0.25) is 5.91 Å². The molecule has 0 saturated carbocycles. The maximum atomic E-state index is 13.3. The molecule has 0 bridgehead atoms. The Morgan fingerprint density at radius 2 is 2.33 bits per heavy atom. The van der Waals surface area contributed by atoms with E-state index >= 15 is 0 Å². The van der Waals surface area contributed by atoms with Crippen LogP contribution >= 0.6 is 11.6 Å². The zero-order chi connectivity index (χ0) is 11.4. The SMILES string of the molecule is CC[C@@H](N)C(=O)Nc1cccc(Cl)c1F. The Morgan fingerprint density at radius 3 is 2.93 bits per heavy atom. The lowest BCUT2D eigenvalue weighted by Crippen LogP contribution is -2.35. The van der Waals surface area contributed by atoms with Crippen LogP contribution in [0, 0.1) is 5.82 Å². The molecule has 0 aliphatic heterocycles. The monoisotopic (exact) mass is 230 g/mol. The molecule has 0 saturated heterocycles. The van der Waals surface area contributed by atoms with Crippen LogP contribution in [0.15, 0.2) is 18.2 Å². The molecule has 15 heavy (non-hydrogen) atoms. The average Bonchev–Trinajstić information content (AvgIpc) is 2.23. The van der Waals surface area contributed by atoms with E-state index in [1.54, 1.807) is 13.0 Å². The minimum Gasteiger partial charge on any atom is -0.322 e. The fourth-order valence-electron chi connectivity index (χ4n) is 1.01. The number of benzene rings is 1. The van der Waals surface area contributed by atoms with Gasteiger partial charge in [0, 0.05) is 0 Å². The number of hydrogen-bond donors (Lipinski definition) is 2. The van der Waals surface area contributed by atoms with E-state index in [0.717, 1.165) is 0 Å². The molecule has 1 amide bonds. The van der Waals surface area contributed by atoms with Gasteiger partial charge >= 0.3 is 0 Å². The Balaban J connectivity index is 2.81. The van der Waals surface area contributed by atoms with Gasteiger partial charge in [-0.3, -0.25) is 4.79 Å². The first-order chi connectivity index (χ1) is 7.06. The van der Waals surface area contributed by atoms with E-state index in [9.17, 15) is 9.18 Å². The zero-order valence-electron chi connectivity index (χ0n) is 8.26. The maximum absolute atomic E-state index is 13.3. The lowest BCUT2D eigenvalue weighted by Gasteiger charge is -2.10. The second-order valence-electron chi connectivity index (χ2n) is 3.11. The molecular formula is C10H12ClFN2O. The summed E-state index contributed by atoms with van der Waals surface area (Å²) in [5.41, 5.74) is 5.54. The Hall–Kier alpha value is -1.13. The smallest absolute Gasteiger partial charge is 0.241 e. The van der Waals surface area contributed by atoms with Crippen LogP contribution in [-0.2, 0) is 4.79 Å². The predicted octanol–water partition coefficient (Wildman–Crippen LogP) is 2.15. The normalized spacial score (nSPS) is 12.3. The lowest BCUT2D eigenvalue weighted by atomic mass is 10.2. The van der Waals surface area contributed by atoms with Crippen molar-refractivity contribution in [3.63, 3.8) is 0 Å². The Morgan fingerprint density at radius 1 is 1.67 bits per heavy atom. The van der Waals surface area contributed by atoms with E-state index in [4.69, 9.17) is 17.3 Å². The summed E-state index contributed by atoms with van der Waals surface area (Å²) in [5, 5.41) is 2.35. The molecule has 1 atom stereocenters. The van der Waals surface area contributed by atoms with Crippen molar-refractivity contribution in [3.05, 3.63) is 29.0 Å². The number of nitrogens with one attached hydrogen (secondary N) is 1. The van der Waals surface area contributed by atoms with Crippen molar-refractivity contribution in [2.24, 2.45) is 5.73 Å². The Kier molecular flexibility index (Phi) is 4.05. The summed E-state index contributed by atoms with van der Waals surface area (Å²) in [4.78, 5) is 11.4. The van der Waals surface area contributed by atoms with Gasteiger partial charge in [-0.2, -0.15) is 0 Å². The molecule has 0 unspecified atom stereocenters. The maximum Gasteiger partial charge on any atom is 0.241 e. The van der Waals surface area contributed by atoms with Gasteiger partial charge in [0.05, 0.1) is 16.8 Å². The number of halogens is 2. The number of anilines is 1. The highest BCUT2D eigenvalue weighted by Gasteiger charge is 2.14. The topological polar surface area (TPSA) is 55.1 Å². The van der Waals surface area contributed by atoms with Crippen LogP contribution in [0.5, 0.6) is 0 Å². The molecule has 82 valence electrons. The average molecular weight is 231 g/mol. The molecular weight excluding hydrogens is 219 g/mol. The lowest BCUT2D eigenvalue weighted by molar-refractivity contribution is -0.117. The molecule has 0 radical (unpaired) electrons. The highest BCUT2D eigenvalue weighted by molar-refractivity contribution is 6.31. The molecule has 0 spiro atoms. The van der Waals surface area contributed by atoms with Gasteiger partial charge < -0.3 is 11.1 Å². The molecule has 1 rings (SSSR count). The van der Waals surface area contributed by atoms with Crippen LogP contribution in [0.3, 0.4) is 0 Å². The third-order valence-corrected chi connectivity index (χ3v) is 2.28. The number of rotatable bonds is 3. The van der Waals surface area contributed by atoms with Crippen LogP contribution in [0.1, 0.15) is 13.3 Å². The molecule has 0 fully saturated rings. The van der Waals surface area contributed by atoms with Crippen LogP contribution in [0.25, 0.3) is 0 Å². The molecule has 1 aromatic rings. The summed E-state index contributed by atoms with van der Waals surface area (Å²) >= 11 is 5.55. The highest BCUT2D eigenvalue weighted by Crippen LogP contribution is 2.21. The standard InChI is InChI=1S/C10H12ClFN2O/c1-2-7(13)10(15)14-8-5-3-4-6(11)9(8)12/h3-5,7H,2,13H2,1H3,(H,14,15)/t7-/m1/s1. The fourth-order valence-corrected chi connectivity index (χ4v) is 1.19. The second kappa shape index (κ2) is 5.09. The molecule has 3 nitrogen and oxygen atoms in total. The molecule has 3 N–H and O–H groups in total. The van der Waals surface area contributed by atoms with Crippen molar-refractivity contribution >= 4 is 23.2 Å². The van der Waals surface area contributed by atoms with Crippen molar-refractivity contribution in [1.29, 1.82) is 0 Å². The minimum atomic E-state index is -0.643. The van der Waals surface area contributed by atoms with E-state index in [0.29, 0.717) is 6.42 Å². The summed E-state index contributed by atoms with van der Waals surface area (Å²) in [7, 11) is 0. The van der Waals surface area contributed by atoms with Crippen LogP contribution in [0.2, 0.25) is 5.02 Å². The quantitative estimate of drug-likeness (QED) is 0.836.